The predicted octanol–water partition coefficient (Wildman–Crippen LogP) is 0.770. The van der Waals surface area contributed by atoms with Gasteiger partial charge in [0.1, 0.15) is 6.54 Å². The standard InChI is InChI=1S/C10H18F3N3O.ClH/c1-14-5-8-3-2-4-16(8)6-9(17)15-7-10(11,12)13;/h8,14H,2-7H2,1H3,(H,15,17);1H. The number of rotatable bonds is 5. The van der Waals surface area contributed by atoms with Crippen LogP contribution in [-0.2, 0) is 4.79 Å². The van der Waals surface area contributed by atoms with Gasteiger partial charge in [0, 0.05) is 12.6 Å². The van der Waals surface area contributed by atoms with Gasteiger partial charge in [-0.25, -0.2) is 0 Å². The summed E-state index contributed by atoms with van der Waals surface area (Å²) in [7, 11) is 1.82. The van der Waals surface area contributed by atoms with Crippen LogP contribution in [0, 0.1) is 0 Å². The lowest BCUT2D eigenvalue weighted by atomic mass is 10.2. The fourth-order valence-corrected chi connectivity index (χ4v) is 2.01. The van der Waals surface area contributed by atoms with Gasteiger partial charge in [-0.3, -0.25) is 9.69 Å². The Morgan fingerprint density at radius 3 is 2.67 bits per heavy atom. The van der Waals surface area contributed by atoms with Crippen molar-refractivity contribution in [2.45, 2.75) is 25.1 Å². The number of alkyl halides is 3. The number of carbonyl (C=O) groups is 1. The van der Waals surface area contributed by atoms with E-state index >= 15 is 0 Å². The van der Waals surface area contributed by atoms with E-state index in [1.54, 1.807) is 0 Å². The molecule has 0 aromatic carbocycles. The monoisotopic (exact) mass is 289 g/mol. The highest BCUT2D eigenvalue weighted by Crippen LogP contribution is 2.16. The van der Waals surface area contributed by atoms with Gasteiger partial charge in [-0.2, -0.15) is 13.2 Å². The number of nitrogens with one attached hydrogen (secondary N) is 2. The van der Waals surface area contributed by atoms with Crippen LogP contribution in [0.3, 0.4) is 0 Å². The topological polar surface area (TPSA) is 44.4 Å². The minimum Gasteiger partial charge on any atom is -0.346 e. The number of likely N-dealkylation sites (N-methyl/N-ethyl adjacent to an activating group) is 1. The summed E-state index contributed by atoms with van der Waals surface area (Å²) < 4.78 is 35.7. The lowest BCUT2D eigenvalue weighted by Crippen LogP contribution is -2.45. The average molecular weight is 290 g/mol. The molecule has 0 aromatic rings. The molecule has 1 aliphatic heterocycles. The first-order valence-corrected chi connectivity index (χ1v) is 5.64. The molecule has 0 aliphatic carbocycles. The fraction of sp³-hybridized carbons (Fsp3) is 0.900. The van der Waals surface area contributed by atoms with Crippen LogP contribution in [0.2, 0.25) is 0 Å². The van der Waals surface area contributed by atoms with Crippen LogP contribution >= 0.6 is 12.4 Å². The van der Waals surface area contributed by atoms with E-state index in [9.17, 15) is 18.0 Å². The molecule has 0 aromatic heterocycles. The Bertz CT molecular complexity index is 263. The molecule has 1 fully saturated rings. The number of halogens is 4. The van der Waals surface area contributed by atoms with E-state index in [4.69, 9.17) is 0 Å². The molecule has 0 radical (unpaired) electrons. The van der Waals surface area contributed by atoms with Crippen molar-refractivity contribution in [1.82, 2.24) is 15.5 Å². The normalized spacial score (nSPS) is 20.6. The lowest BCUT2D eigenvalue weighted by Gasteiger charge is -2.23. The fourth-order valence-electron chi connectivity index (χ4n) is 2.01. The molecule has 1 heterocycles. The molecule has 1 amide bonds. The van der Waals surface area contributed by atoms with Crippen LogP contribution in [0.25, 0.3) is 0 Å². The van der Waals surface area contributed by atoms with Crippen molar-refractivity contribution in [1.29, 1.82) is 0 Å². The molecule has 0 spiro atoms. The van der Waals surface area contributed by atoms with Gasteiger partial charge < -0.3 is 10.6 Å². The summed E-state index contributed by atoms with van der Waals surface area (Å²) in [6, 6.07) is 0.247. The Kier molecular flexibility index (Phi) is 7.58. The highest BCUT2D eigenvalue weighted by atomic mass is 35.5. The number of amides is 1. The van der Waals surface area contributed by atoms with Crippen LogP contribution in [0.1, 0.15) is 12.8 Å². The van der Waals surface area contributed by atoms with Crippen LogP contribution in [0.5, 0.6) is 0 Å². The van der Waals surface area contributed by atoms with Gasteiger partial charge in [0.05, 0.1) is 6.54 Å². The highest BCUT2D eigenvalue weighted by Gasteiger charge is 2.29. The Balaban J connectivity index is 0.00000289. The highest BCUT2D eigenvalue weighted by molar-refractivity contribution is 5.85. The van der Waals surface area contributed by atoms with Gasteiger partial charge in [0.2, 0.25) is 5.91 Å². The zero-order valence-electron chi connectivity index (χ0n) is 10.2. The minimum atomic E-state index is -4.34. The maximum atomic E-state index is 11.9. The van der Waals surface area contributed by atoms with Gasteiger partial charge in [-0.15, -0.1) is 12.4 Å². The first-order chi connectivity index (χ1) is 7.92. The second-order valence-corrected chi connectivity index (χ2v) is 4.22. The molecule has 8 heteroatoms. The summed E-state index contributed by atoms with van der Waals surface area (Å²) in [6.45, 7) is 0.317. The third kappa shape index (κ3) is 6.42. The second-order valence-electron chi connectivity index (χ2n) is 4.22. The van der Waals surface area contributed by atoms with Crippen LogP contribution < -0.4 is 10.6 Å². The van der Waals surface area contributed by atoms with Gasteiger partial charge >= 0.3 is 6.18 Å². The predicted molar refractivity (Wildman–Crippen MR) is 64.8 cm³/mol. The minimum absolute atomic E-state index is 0. The zero-order chi connectivity index (χ0) is 12.9. The van der Waals surface area contributed by atoms with Gasteiger partial charge in [0.15, 0.2) is 0 Å². The number of likely N-dealkylation sites (tertiary alicyclic amines) is 1. The average Bonchev–Trinajstić information content (AvgIpc) is 2.63. The molecule has 18 heavy (non-hydrogen) atoms. The maximum Gasteiger partial charge on any atom is 0.405 e. The van der Waals surface area contributed by atoms with E-state index in [2.05, 4.69) is 5.32 Å². The van der Waals surface area contributed by atoms with Crippen LogP contribution in [-0.4, -0.2) is 56.3 Å². The van der Waals surface area contributed by atoms with Gasteiger partial charge in [-0.1, -0.05) is 0 Å². The van der Waals surface area contributed by atoms with E-state index in [1.165, 1.54) is 0 Å². The summed E-state index contributed by atoms with van der Waals surface area (Å²) in [5.74, 6) is -0.565. The number of hydrogen-bond acceptors (Lipinski definition) is 3. The molecule has 1 atom stereocenters. The second kappa shape index (κ2) is 7.81. The molecule has 108 valence electrons. The van der Waals surface area contributed by atoms with E-state index in [0.717, 1.165) is 25.9 Å². The smallest absolute Gasteiger partial charge is 0.346 e. The molecule has 1 rings (SSSR count). The van der Waals surface area contributed by atoms with Crippen molar-refractivity contribution in [3.8, 4) is 0 Å². The molecule has 0 saturated carbocycles. The van der Waals surface area contributed by atoms with Crippen LogP contribution in [0.4, 0.5) is 13.2 Å². The molecule has 4 nitrogen and oxygen atoms in total. The molecule has 1 saturated heterocycles. The van der Waals surface area contributed by atoms with Crippen molar-refractivity contribution in [2.75, 3.05) is 33.2 Å². The molecule has 1 aliphatic rings. The Labute approximate surface area is 111 Å². The number of nitrogens with zero attached hydrogens (tertiary/aromatic N) is 1. The third-order valence-corrected chi connectivity index (χ3v) is 2.77. The third-order valence-electron chi connectivity index (χ3n) is 2.77. The van der Waals surface area contributed by atoms with Crippen molar-refractivity contribution >= 4 is 18.3 Å². The summed E-state index contributed by atoms with van der Waals surface area (Å²) >= 11 is 0. The largest absolute Gasteiger partial charge is 0.405 e. The van der Waals surface area contributed by atoms with Gasteiger partial charge in [0.25, 0.3) is 0 Å². The van der Waals surface area contributed by atoms with Crippen LogP contribution in [0.15, 0.2) is 0 Å². The Morgan fingerprint density at radius 1 is 1.44 bits per heavy atom. The van der Waals surface area contributed by atoms with E-state index in [-0.39, 0.29) is 25.0 Å². The zero-order valence-corrected chi connectivity index (χ0v) is 11.0. The lowest BCUT2D eigenvalue weighted by molar-refractivity contribution is -0.139. The van der Waals surface area contributed by atoms with E-state index in [1.807, 2.05) is 17.3 Å². The molecule has 1 unspecified atom stereocenters. The molecular weight excluding hydrogens is 271 g/mol. The van der Waals surface area contributed by atoms with Gasteiger partial charge in [-0.05, 0) is 26.4 Å². The summed E-state index contributed by atoms with van der Waals surface area (Å²) in [5.41, 5.74) is 0. The number of hydrogen-bond donors (Lipinski definition) is 2. The first kappa shape index (κ1) is 17.5. The number of carbonyl (C=O) groups excluding carboxylic acids is 1. The Hall–Kier alpha value is -0.530. The van der Waals surface area contributed by atoms with Crippen molar-refractivity contribution in [2.24, 2.45) is 0 Å². The molecular formula is C10H19ClF3N3O. The van der Waals surface area contributed by atoms with Crippen molar-refractivity contribution in [3.63, 3.8) is 0 Å². The SMILES string of the molecule is CNCC1CCCN1CC(=O)NCC(F)(F)F.Cl. The molecule has 2 N–H and O–H groups in total. The van der Waals surface area contributed by atoms with Crippen molar-refractivity contribution in [3.05, 3.63) is 0 Å². The Morgan fingerprint density at radius 2 is 2.11 bits per heavy atom. The summed E-state index contributed by atoms with van der Waals surface area (Å²) in [5, 5.41) is 4.90. The summed E-state index contributed by atoms with van der Waals surface area (Å²) in [6.07, 6.45) is -2.38. The van der Waals surface area contributed by atoms with E-state index in [0.29, 0.717) is 0 Å². The summed E-state index contributed by atoms with van der Waals surface area (Å²) in [4.78, 5) is 13.2. The maximum absolute atomic E-state index is 11.9. The van der Waals surface area contributed by atoms with Crippen molar-refractivity contribution < 1.29 is 18.0 Å². The molecule has 0 bridgehead atoms. The first-order valence-electron chi connectivity index (χ1n) is 5.64. The van der Waals surface area contributed by atoms with E-state index < -0.39 is 18.6 Å². The quantitative estimate of drug-likeness (QED) is 0.786.